The topological polar surface area (TPSA) is 96.0 Å². The summed E-state index contributed by atoms with van der Waals surface area (Å²) in [6, 6.07) is 0. The molecular formula is C22H24O7. The number of hydrogen-bond acceptors (Lipinski definition) is 7. The molecule has 0 radical (unpaired) electrons. The van der Waals surface area contributed by atoms with Crippen LogP contribution in [0.1, 0.15) is 33.1 Å². The van der Waals surface area contributed by atoms with Gasteiger partial charge in [-0.3, -0.25) is 19.2 Å². The van der Waals surface area contributed by atoms with Crippen molar-refractivity contribution in [3.63, 3.8) is 0 Å². The van der Waals surface area contributed by atoms with E-state index >= 15 is 0 Å². The fourth-order valence-corrected chi connectivity index (χ4v) is 7.33. The quantitative estimate of drug-likeness (QED) is 0.403. The van der Waals surface area contributed by atoms with Crippen molar-refractivity contribution >= 4 is 23.5 Å². The molecule has 1 saturated heterocycles. The Labute approximate surface area is 168 Å². The van der Waals surface area contributed by atoms with E-state index in [2.05, 4.69) is 6.58 Å². The van der Waals surface area contributed by atoms with Crippen LogP contribution in [0, 0.1) is 28.6 Å². The van der Waals surface area contributed by atoms with Crippen molar-refractivity contribution in [1.29, 1.82) is 0 Å². The molecule has 4 aliphatic carbocycles. The average molecular weight is 400 g/mol. The third-order valence-corrected chi connectivity index (χ3v) is 8.40. The smallest absolute Gasteiger partial charge is 0.321 e. The monoisotopic (exact) mass is 400 g/mol. The van der Waals surface area contributed by atoms with E-state index in [0.29, 0.717) is 31.4 Å². The van der Waals surface area contributed by atoms with Gasteiger partial charge in [0.1, 0.15) is 11.0 Å². The molecule has 0 amide bonds. The van der Waals surface area contributed by atoms with Crippen LogP contribution in [0.15, 0.2) is 24.3 Å². The molecule has 0 N–H and O–H groups in total. The van der Waals surface area contributed by atoms with Crippen LogP contribution in [0.5, 0.6) is 0 Å². The van der Waals surface area contributed by atoms with Crippen LogP contribution in [-0.4, -0.2) is 48.4 Å². The largest absolute Gasteiger partial charge is 0.469 e. The maximum Gasteiger partial charge on any atom is 0.321 e. The zero-order chi connectivity index (χ0) is 21.0. The molecule has 4 fully saturated rings. The number of hydrogen-bond donors (Lipinski definition) is 0. The number of carbonyl (C=O) groups excluding carboxylic acids is 4. The van der Waals surface area contributed by atoms with Gasteiger partial charge in [0.2, 0.25) is 0 Å². The summed E-state index contributed by atoms with van der Waals surface area (Å²) in [7, 11) is 1.26. The highest BCUT2D eigenvalue weighted by atomic mass is 16.6. The minimum Gasteiger partial charge on any atom is -0.469 e. The number of esters is 2. The highest BCUT2D eigenvalue weighted by Gasteiger charge is 2.86. The second-order valence-electron chi connectivity index (χ2n) is 9.16. The molecule has 154 valence electrons. The van der Waals surface area contributed by atoms with Crippen molar-refractivity contribution in [1.82, 2.24) is 0 Å². The molecule has 7 nitrogen and oxygen atoms in total. The lowest BCUT2D eigenvalue weighted by Crippen LogP contribution is -2.50. The summed E-state index contributed by atoms with van der Waals surface area (Å²) in [5.41, 5.74) is -4.29. The number of ketones is 2. The van der Waals surface area contributed by atoms with Crippen molar-refractivity contribution in [2.75, 3.05) is 13.7 Å². The molecule has 5 rings (SSSR count). The highest BCUT2D eigenvalue weighted by molar-refractivity contribution is 6.14. The van der Waals surface area contributed by atoms with Crippen LogP contribution < -0.4 is 0 Å². The van der Waals surface area contributed by atoms with E-state index in [9.17, 15) is 19.2 Å². The van der Waals surface area contributed by atoms with Gasteiger partial charge in [-0.25, -0.2) is 0 Å². The minimum absolute atomic E-state index is 0.223. The van der Waals surface area contributed by atoms with Gasteiger partial charge in [0, 0.05) is 24.0 Å². The molecule has 1 heterocycles. The van der Waals surface area contributed by atoms with Crippen LogP contribution in [-0.2, 0) is 33.4 Å². The number of allylic oxidation sites excluding steroid dienone is 1. The lowest BCUT2D eigenvalue weighted by Gasteiger charge is -2.44. The summed E-state index contributed by atoms with van der Waals surface area (Å²) in [6.45, 7) is 7.85. The van der Waals surface area contributed by atoms with Crippen LogP contribution >= 0.6 is 0 Å². The molecule has 4 bridgehead atoms. The first-order chi connectivity index (χ1) is 13.7. The summed E-state index contributed by atoms with van der Waals surface area (Å²) >= 11 is 0. The number of rotatable bonds is 3. The second-order valence-corrected chi connectivity index (χ2v) is 9.16. The van der Waals surface area contributed by atoms with E-state index in [1.165, 1.54) is 20.1 Å². The zero-order valence-electron chi connectivity index (χ0n) is 16.8. The Bertz CT molecular complexity index is 933. The molecule has 29 heavy (non-hydrogen) atoms. The number of methoxy groups -OCH3 is 1. The van der Waals surface area contributed by atoms with E-state index < -0.39 is 57.5 Å². The van der Waals surface area contributed by atoms with Crippen molar-refractivity contribution < 1.29 is 33.4 Å². The average Bonchev–Trinajstić information content (AvgIpc) is 3.12. The first kappa shape index (κ1) is 18.7. The summed E-state index contributed by atoms with van der Waals surface area (Å²) in [6.07, 6.45) is 4.37. The van der Waals surface area contributed by atoms with Gasteiger partial charge in [0.15, 0.2) is 11.6 Å². The predicted molar refractivity (Wildman–Crippen MR) is 98.4 cm³/mol. The number of fused-ring (bicyclic) bond motifs is 1. The van der Waals surface area contributed by atoms with Crippen molar-refractivity contribution in [2.45, 2.75) is 44.3 Å². The van der Waals surface area contributed by atoms with Crippen LogP contribution in [0.2, 0.25) is 0 Å². The number of carbonyl (C=O) groups is 4. The molecule has 0 aromatic carbocycles. The first-order valence-corrected chi connectivity index (χ1v) is 10.1. The standard InChI is InChI=1S/C22H24O7/c1-5-28-20-8-6-12-21(10-20,16(24)11(20)2)14(17(25)27-4)15-19(3)13(23)7-9-22(12,15)29-18(19)26/h7,9,12,14-15H,2,5-6,8,10H2,1,3-4H3/t12-,14-,15-,19+,20+,21-,22-/m1/s1. The normalized spacial score (nSPS) is 49.1. The fourth-order valence-electron chi connectivity index (χ4n) is 7.33. The van der Waals surface area contributed by atoms with E-state index in [4.69, 9.17) is 14.2 Å². The van der Waals surface area contributed by atoms with Gasteiger partial charge in [0.25, 0.3) is 0 Å². The summed E-state index contributed by atoms with van der Waals surface area (Å²) in [5, 5.41) is 0. The van der Waals surface area contributed by atoms with Gasteiger partial charge in [0.05, 0.1) is 24.0 Å². The summed E-state index contributed by atoms with van der Waals surface area (Å²) in [5.74, 6) is -4.04. The van der Waals surface area contributed by atoms with Crippen molar-refractivity contribution in [3.8, 4) is 0 Å². The van der Waals surface area contributed by atoms with E-state index in [-0.39, 0.29) is 5.78 Å². The molecule has 1 spiro atoms. The second kappa shape index (κ2) is 5.25. The predicted octanol–water partition coefficient (Wildman–Crippen LogP) is 1.55. The van der Waals surface area contributed by atoms with E-state index in [0.717, 1.165) is 0 Å². The molecule has 0 aromatic rings. The Kier molecular flexibility index (Phi) is 3.39. The van der Waals surface area contributed by atoms with Crippen LogP contribution in [0.4, 0.5) is 0 Å². The summed E-state index contributed by atoms with van der Waals surface area (Å²) < 4.78 is 17.1. The van der Waals surface area contributed by atoms with E-state index in [1.54, 1.807) is 6.08 Å². The number of Topliss-reactive ketones (excluding diaryl/α,β-unsaturated/α-hetero) is 1. The Morgan fingerprint density at radius 3 is 2.72 bits per heavy atom. The Hall–Kier alpha value is -2.28. The lowest BCUT2D eigenvalue weighted by molar-refractivity contribution is -0.166. The minimum atomic E-state index is -1.52. The molecule has 0 unspecified atom stereocenters. The SMILES string of the molecule is C=C1C(=O)[C@]23C[C@@]1(OCC)CC[C@H]2[C@@]12C=CC(=O)[C@](C)(C(=O)O1)[C@H]2[C@@H]3C(=O)OC. The van der Waals surface area contributed by atoms with Gasteiger partial charge in [-0.05, 0) is 45.3 Å². The third-order valence-electron chi connectivity index (χ3n) is 8.40. The summed E-state index contributed by atoms with van der Waals surface area (Å²) in [4.78, 5) is 52.6. The zero-order valence-corrected chi connectivity index (χ0v) is 16.8. The molecule has 1 aliphatic heterocycles. The maximum atomic E-state index is 13.7. The third kappa shape index (κ3) is 1.68. The first-order valence-electron chi connectivity index (χ1n) is 10.1. The molecule has 7 atom stereocenters. The lowest BCUT2D eigenvalue weighted by atomic mass is 9.61. The Morgan fingerprint density at radius 1 is 1.34 bits per heavy atom. The molecule has 5 aliphatic rings. The number of ether oxygens (including phenoxy) is 3. The van der Waals surface area contributed by atoms with Gasteiger partial charge in [-0.2, -0.15) is 0 Å². The highest BCUT2D eigenvalue weighted by Crippen LogP contribution is 2.76. The maximum absolute atomic E-state index is 13.7. The van der Waals surface area contributed by atoms with Gasteiger partial charge in [-0.1, -0.05) is 6.58 Å². The van der Waals surface area contributed by atoms with Crippen LogP contribution in [0.25, 0.3) is 0 Å². The molecular weight excluding hydrogens is 376 g/mol. The Balaban J connectivity index is 1.79. The van der Waals surface area contributed by atoms with Gasteiger partial charge >= 0.3 is 11.9 Å². The van der Waals surface area contributed by atoms with Crippen molar-refractivity contribution in [2.24, 2.45) is 28.6 Å². The fraction of sp³-hybridized carbons (Fsp3) is 0.636. The van der Waals surface area contributed by atoms with E-state index in [1.807, 2.05) is 6.92 Å². The Morgan fingerprint density at radius 2 is 2.07 bits per heavy atom. The van der Waals surface area contributed by atoms with Gasteiger partial charge < -0.3 is 14.2 Å². The molecule has 0 aromatic heterocycles. The van der Waals surface area contributed by atoms with Crippen LogP contribution in [0.3, 0.4) is 0 Å². The van der Waals surface area contributed by atoms with Crippen molar-refractivity contribution in [3.05, 3.63) is 24.3 Å². The van der Waals surface area contributed by atoms with Gasteiger partial charge in [-0.15, -0.1) is 0 Å². The molecule has 7 heteroatoms. The molecule has 3 saturated carbocycles.